The molecule has 0 fully saturated rings. The quantitative estimate of drug-likeness (QED) is 0.617. The molecule has 0 radical (unpaired) electrons. The summed E-state index contributed by atoms with van der Waals surface area (Å²) in [4.78, 5) is 0. The van der Waals surface area contributed by atoms with Crippen molar-refractivity contribution in [2.24, 2.45) is 0 Å². The predicted octanol–water partition coefficient (Wildman–Crippen LogP) is 3.99. The maximum Gasteiger partial charge on any atom is 0.123 e. The average molecular weight is 264 g/mol. The number of allylic oxidation sites excluding steroid dienone is 2. The Kier molecular flexibility index (Phi) is 5.52. The van der Waals surface area contributed by atoms with Crippen molar-refractivity contribution in [1.82, 2.24) is 4.31 Å². The van der Waals surface area contributed by atoms with Crippen molar-refractivity contribution < 1.29 is 4.39 Å². The van der Waals surface area contributed by atoms with E-state index < -0.39 is 0 Å². The summed E-state index contributed by atoms with van der Waals surface area (Å²) in [6.07, 6.45) is 5.67. The van der Waals surface area contributed by atoms with Gasteiger partial charge in [-0.3, -0.25) is 0 Å². The molecule has 0 aliphatic heterocycles. The van der Waals surface area contributed by atoms with E-state index >= 15 is 0 Å². The number of thiol groups is 1. The second-order valence-corrected chi connectivity index (χ2v) is 4.40. The topological polar surface area (TPSA) is 15.3 Å². The Labute approximate surface area is 113 Å². The van der Waals surface area contributed by atoms with Crippen molar-refractivity contribution in [3.63, 3.8) is 0 Å². The molecule has 18 heavy (non-hydrogen) atoms. The molecule has 0 heterocycles. The van der Waals surface area contributed by atoms with Gasteiger partial charge in [0.1, 0.15) is 5.82 Å². The summed E-state index contributed by atoms with van der Waals surface area (Å²) in [5.74, 6) is -0.259. The first-order chi connectivity index (χ1) is 8.52. The molecular formula is C14H17FN2S. The maximum absolute atomic E-state index is 12.8. The molecule has 1 aromatic rings. The summed E-state index contributed by atoms with van der Waals surface area (Å²) in [6.45, 7) is 5.89. The number of hydrogen-bond acceptors (Lipinski definition) is 3. The summed E-state index contributed by atoms with van der Waals surface area (Å²) < 4.78 is 14.4. The van der Waals surface area contributed by atoms with Crippen molar-refractivity contribution in [2.75, 3.05) is 12.4 Å². The number of anilines is 1. The second kappa shape index (κ2) is 6.91. The third kappa shape index (κ3) is 4.67. The highest BCUT2D eigenvalue weighted by Gasteiger charge is 2.01. The molecule has 1 aromatic carbocycles. The van der Waals surface area contributed by atoms with Gasteiger partial charge in [-0.25, -0.2) is 4.39 Å². The molecule has 2 nitrogen and oxygen atoms in total. The van der Waals surface area contributed by atoms with Crippen molar-refractivity contribution >= 4 is 18.5 Å². The Bertz CT molecular complexity index is 461. The molecule has 4 heteroatoms. The largest absolute Gasteiger partial charge is 0.355 e. The van der Waals surface area contributed by atoms with E-state index in [4.69, 9.17) is 0 Å². The highest BCUT2D eigenvalue weighted by Crippen LogP contribution is 2.16. The number of nitrogens with one attached hydrogen (secondary N) is 1. The van der Waals surface area contributed by atoms with Crippen LogP contribution in [0.2, 0.25) is 0 Å². The van der Waals surface area contributed by atoms with E-state index in [1.807, 2.05) is 32.3 Å². The van der Waals surface area contributed by atoms with E-state index in [-0.39, 0.29) is 5.82 Å². The lowest BCUT2D eigenvalue weighted by Gasteiger charge is -2.13. The molecular weight excluding hydrogens is 247 g/mol. The zero-order valence-corrected chi connectivity index (χ0v) is 11.4. The minimum absolute atomic E-state index is 0.259. The third-order valence-electron chi connectivity index (χ3n) is 2.16. The van der Waals surface area contributed by atoms with Crippen LogP contribution >= 0.6 is 12.8 Å². The summed E-state index contributed by atoms with van der Waals surface area (Å²) in [7, 11) is 1.82. The maximum atomic E-state index is 12.8. The molecule has 0 saturated heterocycles. The van der Waals surface area contributed by atoms with Gasteiger partial charge in [0, 0.05) is 30.2 Å². The average Bonchev–Trinajstić information content (AvgIpc) is 2.31. The molecule has 1 rings (SSSR count). The lowest BCUT2D eigenvalue weighted by Crippen LogP contribution is -2.03. The molecule has 0 atom stereocenters. The van der Waals surface area contributed by atoms with Gasteiger partial charge in [-0.15, -0.1) is 0 Å². The minimum Gasteiger partial charge on any atom is -0.355 e. The van der Waals surface area contributed by atoms with Crippen LogP contribution in [0, 0.1) is 5.82 Å². The fourth-order valence-electron chi connectivity index (χ4n) is 1.38. The van der Waals surface area contributed by atoms with Crippen molar-refractivity contribution in [2.45, 2.75) is 6.92 Å². The van der Waals surface area contributed by atoms with Gasteiger partial charge in [-0.1, -0.05) is 31.5 Å². The van der Waals surface area contributed by atoms with Crippen LogP contribution in [0.25, 0.3) is 0 Å². The lowest BCUT2D eigenvalue weighted by molar-refractivity contribution is 0.628. The molecule has 0 aliphatic rings. The molecule has 0 saturated carbocycles. The Morgan fingerprint density at radius 3 is 2.50 bits per heavy atom. The summed E-state index contributed by atoms with van der Waals surface area (Å²) in [5.41, 5.74) is 2.42. The molecule has 0 bridgehead atoms. The van der Waals surface area contributed by atoms with Crippen LogP contribution < -0.4 is 5.32 Å². The van der Waals surface area contributed by atoms with Gasteiger partial charge in [-0.05, 0) is 31.2 Å². The Morgan fingerprint density at radius 1 is 1.39 bits per heavy atom. The molecule has 0 amide bonds. The number of hydrogen-bond donors (Lipinski definition) is 2. The van der Waals surface area contributed by atoms with E-state index in [2.05, 4.69) is 24.7 Å². The third-order valence-corrected chi connectivity index (χ3v) is 2.28. The van der Waals surface area contributed by atoms with E-state index in [1.165, 1.54) is 12.1 Å². The highest BCUT2D eigenvalue weighted by molar-refractivity contribution is 7.77. The first kappa shape index (κ1) is 14.4. The van der Waals surface area contributed by atoms with Crippen LogP contribution in [0.4, 0.5) is 10.1 Å². The van der Waals surface area contributed by atoms with E-state index in [0.29, 0.717) is 0 Å². The smallest absolute Gasteiger partial charge is 0.123 e. The monoisotopic (exact) mass is 264 g/mol. The van der Waals surface area contributed by atoms with Gasteiger partial charge in [0.05, 0.1) is 0 Å². The van der Waals surface area contributed by atoms with Crippen molar-refractivity contribution in [3.8, 4) is 0 Å². The van der Waals surface area contributed by atoms with Crippen LogP contribution in [0.15, 0.2) is 60.5 Å². The minimum atomic E-state index is -0.259. The number of rotatable bonds is 5. The van der Waals surface area contributed by atoms with Gasteiger partial charge in [0.25, 0.3) is 0 Å². The molecule has 0 spiro atoms. The fraction of sp³-hybridized carbons (Fsp3) is 0.143. The molecule has 0 aliphatic carbocycles. The van der Waals surface area contributed by atoms with Crippen LogP contribution in [0.5, 0.6) is 0 Å². The van der Waals surface area contributed by atoms with Gasteiger partial charge in [0.2, 0.25) is 0 Å². The van der Waals surface area contributed by atoms with Gasteiger partial charge >= 0.3 is 0 Å². The van der Waals surface area contributed by atoms with Crippen LogP contribution in [-0.4, -0.2) is 11.4 Å². The van der Waals surface area contributed by atoms with E-state index in [1.54, 1.807) is 16.4 Å². The second-order valence-electron chi connectivity index (χ2n) is 3.77. The van der Waals surface area contributed by atoms with E-state index in [0.717, 1.165) is 17.0 Å². The van der Waals surface area contributed by atoms with E-state index in [9.17, 15) is 4.39 Å². The van der Waals surface area contributed by atoms with Crippen LogP contribution in [0.3, 0.4) is 0 Å². The van der Waals surface area contributed by atoms with Gasteiger partial charge < -0.3 is 9.62 Å². The predicted molar refractivity (Wildman–Crippen MR) is 78.8 cm³/mol. The first-order valence-electron chi connectivity index (χ1n) is 5.51. The van der Waals surface area contributed by atoms with Crippen LogP contribution in [-0.2, 0) is 0 Å². The standard InChI is InChI=1S/C14H17FN2S/c1-4-5-12(10-17(3)18)11(2)16-14-8-6-13(15)7-9-14/h4-10,16,18H,2H2,1,3H3/b5-4-,12-10+. The molecule has 96 valence electrons. The molecule has 0 aromatic heterocycles. The number of benzene rings is 1. The lowest BCUT2D eigenvalue weighted by atomic mass is 10.2. The fourth-order valence-corrected chi connectivity index (χ4v) is 1.51. The van der Waals surface area contributed by atoms with Crippen molar-refractivity contribution in [3.05, 3.63) is 66.3 Å². The van der Waals surface area contributed by atoms with Gasteiger partial charge in [0.15, 0.2) is 0 Å². The normalized spacial score (nSPS) is 11.7. The zero-order chi connectivity index (χ0) is 13.5. The zero-order valence-electron chi connectivity index (χ0n) is 10.5. The summed E-state index contributed by atoms with van der Waals surface area (Å²) in [6, 6.07) is 6.13. The van der Waals surface area contributed by atoms with Crippen molar-refractivity contribution in [1.29, 1.82) is 0 Å². The first-order valence-corrected chi connectivity index (χ1v) is 5.91. The Balaban J connectivity index is 2.82. The summed E-state index contributed by atoms with van der Waals surface area (Å²) >= 11 is 4.17. The number of nitrogens with zero attached hydrogens (tertiary/aromatic N) is 1. The highest BCUT2D eigenvalue weighted by atomic mass is 32.1. The van der Waals surface area contributed by atoms with Gasteiger partial charge in [-0.2, -0.15) is 0 Å². The Morgan fingerprint density at radius 2 is 2.00 bits per heavy atom. The number of halogens is 1. The Hall–Kier alpha value is -1.68. The SMILES string of the molecule is C=C(Nc1ccc(F)cc1)C(/C=C\C)=C/N(C)S. The molecule has 1 N–H and O–H groups in total. The van der Waals surface area contributed by atoms with Crippen LogP contribution in [0.1, 0.15) is 6.92 Å². The summed E-state index contributed by atoms with van der Waals surface area (Å²) in [5, 5.41) is 3.12. The molecule has 0 unspecified atom stereocenters.